The largest absolute Gasteiger partial charge is 0.316 e. The van der Waals surface area contributed by atoms with Crippen molar-refractivity contribution >= 4 is 10.0 Å². The topological polar surface area (TPSA) is 58.2 Å². The molecule has 1 aromatic rings. The quantitative estimate of drug-likeness (QED) is 0.891. The number of sulfonamides is 1. The highest BCUT2D eigenvalue weighted by Crippen LogP contribution is 2.29. The molecule has 4 nitrogen and oxygen atoms in total. The molecule has 0 radical (unpaired) electrons. The number of hydrogen-bond acceptors (Lipinski definition) is 3. The Morgan fingerprint density at radius 2 is 1.74 bits per heavy atom. The first-order valence-electron chi connectivity index (χ1n) is 8.37. The second-order valence-corrected chi connectivity index (χ2v) is 9.54. The van der Waals surface area contributed by atoms with Gasteiger partial charge < -0.3 is 5.32 Å². The normalized spacial score (nSPS) is 23.0. The van der Waals surface area contributed by atoms with Crippen LogP contribution in [0.1, 0.15) is 50.8 Å². The minimum absolute atomic E-state index is 0.00217. The Labute approximate surface area is 141 Å². The van der Waals surface area contributed by atoms with Crippen LogP contribution in [0, 0.1) is 19.8 Å². The van der Waals surface area contributed by atoms with E-state index in [1.54, 1.807) is 0 Å². The highest BCUT2D eigenvalue weighted by Gasteiger charge is 2.29. The zero-order valence-electron chi connectivity index (χ0n) is 15.2. The van der Waals surface area contributed by atoms with Crippen LogP contribution in [0.4, 0.5) is 0 Å². The van der Waals surface area contributed by atoms with Gasteiger partial charge in [0.1, 0.15) is 0 Å². The molecule has 2 unspecified atom stereocenters. The number of piperidine rings is 1. The number of hydrogen-bond donors (Lipinski definition) is 2. The number of aryl methyl sites for hydroxylation is 2. The number of rotatable bonds is 3. The van der Waals surface area contributed by atoms with E-state index in [-0.39, 0.29) is 11.5 Å². The van der Waals surface area contributed by atoms with Crippen molar-refractivity contribution < 1.29 is 8.42 Å². The molecule has 0 aromatic heterocycles. The molecule has 23 heavy (non-hydrogen) atoms. The van der Waals surface area contributed by atoms with Crippen molar-refractivity contribution in [2.75, 3.05) is 13.1 Å². The fourth-order valence-corrected chi connectivity index (χ4v) is 5.09. The van der Waals surface area contributed by atoms with E-state index in [2.05, 4.69) is 37.7 Å². The van der Waals surface area contributed by atoms with Gasteiger partial charge in [-0.1, -0.05) is 39.8 Å². The lowest BCUT2D eigenvalue weighted by molar-refractivity contribution is 0.328. The van der Waals surface area contributed by atoms with Gasteiger partial charge in [0.25, 0.3) is 0 Å². The van der Waals surface area contributed by atoms with Gasteiger partial charge in [0, 0.05) is 6.04 Å². The maximum Gasteiger partial charge on any atom is 0.241 e. The third kappa shape index (κ3) is 4.14. The van der Waals surface area contributed by atoms with Gasteiger partial charge in [-0.3, -0.25) is 0 Å². The van der Waals surface area contributed by atoms with Crippen LogP contribution in [-0.4, -0.2) is 27.5 Å². The van der Waals surface area contributed by atoms with Gasteiger partial charge >= 0.3 is 0 Å². The third-order valence-electron chi connectivity index (χ3n) is 4.69. The van der Waals surface area contributed by atoms with Crippen LogP contribution >= 0.6 is 0 Å². The van der Waals surface area contributed by atoms with E-state index in [1.807, 2.05) is 26.0 Å². The van der Waals surface area contributed by atoms with Gasteiger partial charge in [-0.15, -0.1) is 0 Å². The van der Waals surface area contributed by atoms with Gasteiger partial charge in [-0.2, -0.15) is 0 Å². The zero-order valence-corrected chi connectivity index (χ0v) is 16.0. The molecule has 0 aliphatic carbocycles. The molecular formula is C18H30N2O2S. The van der Waals surface area contributed by atoms with Crippen LogP contribution < -0.4 is 10.0 Å². The van der Waals surface area contributed by atoms with E-state index >= 15 is 0 Å². The van der Waals surface area contributed by atoms with Gasteiger partial charge in [0.2, 0.25) is 10.0 Å². The minimum Gasteiger partial charge on any atom is -0.316 e. The summed E-state index contributed by atoms with van der Waals surface area (Å²) in [5.41, 5.74) is 2.82. The summed E-state index contributed by atoms with van der Waals surface area (Å²) in [7, 11) is -3.49. The van der Waals surface area contributed by atoms with Crippen LogP contribution in [0.15, 0.2) is 17.0 Å². The maximum atomic E-state index is 12.9. The lowest BCUT2D eigenvalue weighted by atomic mass is 9.85. The first kappa shape index (κ1) is 18.4. The molecule has 1 heterocycles. The average Bonchev–Trinajstić information content (AvgIpc) is 2.39. The second-order valence-electron chi connectivity index (χ2n) is 7.89. The minimum atomic E-state index is -3.49. The summed E-state index contributed by atoms with van der Waals surface area (Å²) in [5.74, 6) is 0.299. The third-order valence-corrected chi connectivity index (χ3v) is 6.48. The van der Waals surface area contributed by atoms with E-state index in [4.69, 9.17) is 0 Å². The summed E-state index contributed by atoms with van der Waals surface area (Å²) in [4.78, 5) is 0.441. The highest BCUT2D eigenvalue weighted by molar-refractivity contribution is 7.89. The van der Waals surface area contributed by atoms with Crippen molar-refractivity contribution in [2.45, 2.75) is 64.3 Å². The van der Waals surface area contributed by atoms with Gasteiger partial charge in [0.15, 0.2) is 0 Å². The fourth-order valence-electron chi connectivity index (χ4n) is 3.25. The molecule has 2 rings (SSSR count). The maximum absolute atomic E-state index is 12.9. The summed E-state index contributed by atoms with van der Waals surface area (Å²) in [6, 6.07) is 4.02. The molecule has 1 aliphatic rings. The summed E-state index contributed by atoms with van der Waals surface area (Å²) in [6.07, 6.45) is 0.832. The molecule has 0 bridgehead atoms. The van der Waals surface area contributed by atoms with Crippen molar-refractivity contribution in [3.8, 4) is 0 Å². The van der Waals surface area contributed by atoms with Crippen molar-refractivity contribution in [3.63, 3.8) is 0 Å². The Hall–Kier alpha value is -0.910. The lowest BCUT2D eigenvalue weighted by Crippen LogP contribution is -2.48. The Balaban J connectivity index is 2.36. The van der Waals surface area contributed by atoms with E-state index in [0.717, 1.165) is 30.6 Å². The van der Waals surface area contributed by atoms with Crippen molar-refractivity contribution in [2.24, 2.45) is 5.92 Å². The molecule has 130 valence electrons. The first-order valence-corrected chi connectivity index (χ1v) is 9.85. The molecule has 2 atom stereocenters. The Morgan fingerprint density at radius 1 is 1.17 bits per heavy atom. The van der Waals surface area contributed by atoms with Crippen molar-refractivity contribution in [3.05, 3.63) is 28.8 Å². The monoisotopic (exact) mass is 338 g/mol. The van der Waals surface area contributed by atoms with Gasteiger partial charge in [-0.25, -0.2) is 13.1 Å². The fraction of sp³-hybridized carbons (Fsp3) is 0.667. The van der Waals surface area contributed by atoms with Crippen LogP contribution in [0.5, 0.6) is 0 Å². The van der Waals surface area contributed by atoms with Crippen molar-refractivity contribution in [1.29, 1.82) is 0 Å². The van der Waals surface area contributed by atoms with Crippen molar-refractivity contribution in [1.82, 2.24) is 10.0 Å². The van der Waals surface area contributed by atoms with Crippen LogP contribution in [0.3, 0.4) is 0 Å². The van der Waals surface area contributed by atoms with Gasteiger partial charge in [0.05, 0.1) is 4.90 Å². The molecular weight excluding hydrogens is 308 g/mol. The average molecular weight is 339 g/mol. The predicted octanol–water partition coefficient (Wildman–Crippen LogP) is 2.88. The smallest absolute Gasteiger partial charge is 0.241 e. The van der Waals surface area contributed by atoms with Crippen LogP contribution in [0.25, 0.3) is 0 Å². The number of benzene rings is 1. The Bertz CT molecular complexity index is 652. The molecule has 0 spiro atoms. The summed E-state index contributed by atoms with van der Waals surface area (Å²) in [5, 5.41) is 3.30. The van der Waals surface area contributed by atoms with E-state index in [1.165, 1.54) is 5.56 Å². The lowest BCUT2D eigenvalue weighted by Gasteiger charge is -2.30. The van der Waals surface area contributed by atoms with Crippen LogP contribution in [0.2, 0.25) is 0 Å². The molecule has 2 N–H and O–H groups in total. The summed E-state index contributed by atoms with van der Waals surface area (Å²) >= 11 is 0. The Kier molecular flexibility index (Phi) is 5.24. The van der Waals surface area contributed by atoms with Gasteiger partial charge in [-0.05, 0) is 61.4 Å². The zero-order chi connectivity index (χ0) is 17.4. The molecule has 0 saturated carbocycles. The molecule has 1 aliphatic heterocycles. The molecule has 1 aromatic carbocycles. The standard InChI is InChI=1S/C18H30N2O2S/c1-12-9-15(18(4,5)6)10-13(2)17(12)23(21,22)20-16-7-8-19-11-14(16)3/h9-10,14,16,19-20H,7-8,11H2,1-6H3. The Morgan fingerprint density at radius 3 is 2.22 bits per heavy atom. The molecule has 1 saturated heterocycles. The first-order chi connectivity index (χ1) is 10.5. The van der Waals surface area contributed by atoms with E-state index in [0.29, 0.717) is 10.8 Å². The number of nitrogens with one attached hydrogen (secondary N) is 2. The van der Waals surface area contributed by atoms with E-state index in [9.17, 15) is 8.42 Å². The SMILES string of the molecule is Cc1cc(C(C)(C)C)cc(C)c1S(=O)(=O)NC1CCNCC1C. The highest BCUT2D eigenvalue weighted by atomic mass is 32.2. The van der Waals surface area contributed by atoms with Crippen LogP contribution in [-0.2, 0) is 15.4 Å². The molecule has 1 fully saturated rings. The predicted molar refractivity (Wildman–Crippen MR) is 95.4 cm³/mol. The molecule has 5 heteroatoms. The van der Waals surface area contributed by atoms with E-state index < -0.39 is 10.0 Å². The summed E-state index contributed by atoms with van der Waals surface area (Å²) in [6.45, 7) is 14.0. The second kappa shape index (κ2) is 6.54. The molecule has 0 amide bonds. The summed E-state index contributed by atoms with van der Waals surface area (Å²) < 4.78 is 28.8.